The van der Waals surface area contributed by atoms with Gasteiger partial charge in [0.05, 0.1) is 0 Å². The first-order valence-electron chi connectivity index (χ1n) is 13.2. The van der Waals surface area contributed by atoms with Gasteiger partial charge in [-0.05, 0) is 88.0 Å². The molecule has 0 spiro atoms. The van der Waals surface area contributed by atoms with Gasteiger partial charge in [0.1, 0.15) is 11.5 Å². The molecule has 6 aromatic rings. The van der Waals surface area contributed by atoms with Gasteiger partial charge in [0, 0.05) is 34.0 Å². The molecule has 0 N–H and O–H groups in total. The molecule has 0 aliphatic heterocycles. The lowest BCUT2D eigenvalue weighted by Crippen LogP contribution is -2.14. The summed E-state index contributed by atoms with van der Waals surface area (Å²) >= 11 is 0. The molecule has 5 aromatic carbocycles. The maximum Gasteiger partial charge on any atom is 0.143 e. The van der Waals surface area contributed by atoms with Crippen molar-refractivity contribution < 1.29 is 4.74 Å². The number of benzene rings is 5. The minimum absolute atomic E-state index is 0.0577. The Morgan fingerprint density at radius 3 is 2.13 bits per heavy atom. The fraction of sp³-hybridized carbons (Fsp3) is 0.139. The molecule has 0 atom stereocenters. The van der Waals surface area contributed by atoms with Crippen LogP contribution in [0.3, 0.4) is 0 Å². The van der Waals surface area contributed by atoms with E-state index in [4.69, 9.17) is 4.74 Å². The number of pyridine rings is 1. The van der Waals surface area contributed by atoms with Crippen molar-refractivity contribution in [2.45, 2.75) is 33.1 Å². The molecule has 0 saturated heterocycles. The number of fused-ring (bicyclic) bond motifs is 5. The molecule has 38 heavy (non-hydrogen) atoms. The molecule has 2 nitrogen and oxygen atoms in total. The second-order valence-corrected chi connectivity index (χ2v) is 11.0. The Bertz CT molecular complexity index is 1820. The zero-order valence-electron chi connectivity index (χ0n) is 22.2. The molecule has 0 unspecified atom stereocenters. The standard InChI is InChI=1S/C36H29NO/c1-22-17-23(2)19-25(18-22)38-35-29-11-6-5-10-28(29)34(31-21-37-16-15-30(31)35)24-13-14-27-26-9-7-8-12-32(26)36(3,4)33(27)20-24/h5-21H,1-4H3. The van der Waals surface area contributed by atoms with E-state index in [-0.39, 0.29) is 5.41 Å². The van der Waals surface area contributed by atoms with Crippen LogP contribution in [0.1, 0.15) is 36.1 Å². The highest BCUT2D eigenvalue weighted by Crippen LogP contribution is 2.51. The van der Waals surface area contributed by atoms with Crippen molar-refractivity contribution in [2.75, 3.05) is 0 Å². The Hall–Kier alpha value is -4.43. The van der Waals surface area contributed by atoms with Gasteiger partial charge in [-0.2, -0.15) is 0 Å². The van der Waals surface area contributed by atoms with E-state index in [2.05, 4.69) is 124 Å². The predicted molar refractivity (Wildman–Crippen MR) is 158 cm³/mol. The number of aryl methyl sites for hydroxylation is 2. The summed E-state index contributed by atoms with van der Waals surface area (Å²) in [4.78, 5) is 4.56. The van der Waals surface area contributed by atoms with Crippen LogP contribution in [0.25, 0.3) is 43.8 Å². The fourth-order valence-corrected chi connectivity index (χ4v) is 6.37. The molecule has 0 radical (unpaired) electrons. The van der Waals surface area contributed by atoms with Crippen LogP contribution in [0, 0.1) is 13.8 Å². The monoisotopic (exact) mass is 491 g/mol. The molecule has 0 bridgehead atoms. The number of hydrogen-bond donors (Lipinski definition) is 0. The number of rotatable bonds is 3. The molecule has 0 saturated carbocycles. The first-order chi connectivity index (χ1) is 18.4. The summed E-state index contributed by atoms with van der Waals surface area (Å²) in [6, 6.07) is 32.8. The Labute approximate surface area is 223 Å². The summed E-state index contributed by atoms with van der Waals surface area (Å²) in [6.45, 7) is 8.88. The van der Waals surface area contributed by atoms with E-state index in [1.54, 1.807) is 0 Å². The Morgan fingerprint density at radius 2 is 1.32 bits per heavy atom. The van der Waals surface area contributed by atoms with Gasteiger partial charge < -0.3 is 4.74 Å². The van der Waals surface area contributed by atoms with E-state index in [1.807, 2.05) is 12.4 Å². The smallest absolute Gasteiger partial charge is 0.143 e. The van der Waals surface area contributed by atoms with Gasteiger partial charge in [0.2, 0.25) is 0 Å². The fourth-order valence-electron chi connectivity index (χ4n) is 6.37. The molecule has 7 rings (SSSR count). The molecule has 184 valence electrons. The minimum Gasteiger partial charge on any atom is -0.456 e. The van der Waals surface area contributed by atoms with Crippen LogP contribution in [0.15, 0.2) is 103 Å². The van der Waals surface area contributed by atoms with Crippen LogP contribution in [0.4, 0.5) is 0 Å². The number of aromatic nitrogens is 1. The van der Waals surface area contributed by atoms with E-state index in [0.717, 1.165) is 27.7 Å². The summed E-state index contributed by atoms with van der Waals surface area (Å²) in [5.74, 6) is 1.73. The second-order valence-electron chi connectivity index (χ2n) is 11.0. The molecular weight excluding hydrogens is 462 g/mol. The van der Waals surface area contributed by atoms with Crippen molar-refractivity contribution in [3.63, 3.8) is 0 Å². The van der Waals surface area contributed by atoms with Crippen molar-refractivity contribution in [3.05, 3.63) is 126 Å². The predicted octanol–water partition coefficient (Wildman–Crippen LogP) is 9.77. The number of hydrogen-bond acceptors (Lipinski definition) is 2. The van der Waals surface area contributed by atoms with Crippen LogP contribution in [0.5, 0.6) is 11.5 Å². The Balaban J connectivity index is 1.49. The van der Waals surface area contributed by atoms with E-state index in [0.29, 0.717) is 0 Å². The van der Waals surface area contributed by atoms with Gasteiger partial charge in [-0.25, -0.2) is 0 Å². The van der Waals surface area contributed by atoms with Crippen LogP contribution in [-0.4, -0.2) is 4.98 Å². The lowest BCUT2D eigenvalue weighted by molar-refractivity contribution is 0.493. The van der Waals surface area contributed by atoms with Crippen LogP contribution in [-0.2, 0) is 5.41 Å². The molecule has 1 aliphatic carbocycles. The van der Waals surface area contributed by atoms with Gasteiger partial charge in [0.25, 0.3) is 0 Å². The van der Waals surface area contributed by atoms with E-state index < -0.39 is 0 Å². The van der Waals surface area contributed by atoms with Crippen molar-refractivity contribution in [1.29, 1.82) is 0 Å². The van der Waals surface area contributed by atoms with Gasteiger partial charge in [-0.3, -0.25) is 4.98 Å². The topological polar surface area (TPSA) is 22.1 Å². The first-order valence-corrected chi connectivity index (χ1v) is 13.2. The lowest BCUT2D eigenvalue weighted by atomic mass is 9.81. The number of ether oxygens (including phenoxy) is 1. The van der Waals surface area contributed by atoms with Gasteiger partial charge in [-0.15, -0.1) is 0 Å². The quantitative estimate of drug-likeness (QED) is 0.230. The zero-order valence-corrected chi connectivity index (χ0v) is 22.2. The molecule has 0 fully saturated rings. The Morgan fingerprint density at radius 1 is 0.632 bits per heavy atom. The third kappa shape index (κ3) is 3.37. The maximum atomic E-state index is 6.68. The normalized spacial score (nSPS) is 13.5. The van der Waals surface area contributed by atoms with Gasteiger partial charge >= 0.3 is 0 Å². The van der Waals surface area contributed by atoms with Crippen molar-refractivity contribution in [2.24, 2.45) is 0 Å². The molecule has 2 heteroatoms. The van der Waals surface area contributed by atoms with Gasteiger partial charge in [-0.1, -0.05) is 80.6 Å². The van der Waals surface area contributed by atoms with Crippen molar-refractivity contribution >= 4 is 21.5 Å². The summed E-state index contributed by atoms with van der Waals surface area (Å²) < 4.78 is 6.68. The second kappa shape index (κ2) is 8.29. The molecular formula is C36H29NO. The van der Waals surface area contributed by atoms with E-state index in [1.165, 1.54) is 49.9 Å². The van der Waals surface area contributed by atoms with Gasteiger partial charge in [0.15, 0.2) is 0 Å². The summed E-state index contributed by atoms with van der Waals surface area (Å²) in [5, 5.41) is 4.43. The van der Waals surface area contributed by atoms with Crippen LogP contribution < -0.4 is 4.74 Å². The largest absolute Gasteiger partial charge is 0.456 e. The highest BCUT2D eigenvalue weighted by molar-refractivity contribution is 6.17. The Kier molecular flexibility index (Phi) is 4.96. The average molecular weight is 492 g/mol. The first kappa shape index (κ1) is 22.7. The molecule has 1 heterocycles. The van der Waals surface area contributed by atoms with Crippen LogP contribution >= 0.6 is 0 Å². The van der Waals surface area contributed by atoms with Crippen LogP contribution in [0.2, 0.25) is 0 Å². The van der Waals surface area contributed by atoms with E-state index >= 15 is 0 Å². The third-order valence-electron chi connectivity index (χ3n) is 8.06. The summed E-state index contributed by atoms with van der Waals surface area (Å²) in [7, 11) is 0. The summed E-state index contributed by atoms with van der Waals surface area (Å²) in [6.07, 6.45) is 3.84. The zero-order chi connectivity index (χ0) is 26.0. The van der Waals surface area contributed by atoms with E-state index in [9.17, 15) is 0 Å². The maximum absolute atomic E-state index is 6.68. The summed E-state index contributed by atoms with van der Waals surface area (Å²) in [5.41, 5.74) is 10.2. The highest BCUT2D eigenvalue weighted by Gasteiger charge is 2.35. The molecule has 1 aliphatic rings. The van der Waals surface area contributed by atoms with Crippen molar-refractivity contribution in [1.82, 2.24) is 4.98 Å². The third-order valence-corrected chi connectivity index (χ3v) is 8.06. The highest BCUT2D eigenvalue weighted by atomic mass is 16.5. The minimum atomic E-state index is -0.0577. The molecule has 0 amide bonds. The SMILES string of the molecule is Cc1cc(C)cc(Oc2c3ccccc3c(-c3ccc4c(c3)C(C)(C)c3ccccc3-4)c3cnccc23)c1. The average Bonchev–Trinajstić information content (AvgIpc) is 3.14. The molecule has 1 aromatic heterocycles. The number of nitrogens with zero attached hydrogens (tertiary/aromatic N) is 1. The lowest BCUT2D eigenvalue weighted by Gasteiger charge is -2.23. The van der Waals surface area contributed by atoms with Crippen molar-refractivity contribution in [3.8, 4) is 33.8 Å².